The lowest BCUT2D eigenvalue weighted by atomic mass is 10.2. The maximum atomic E-state index is 12.6. The van der Waals surface area contributed by atoms with Gasteiger partial charge in [-0.1, -0.05) is 12.1 Å². The summed E-state index contributed by atoms with van der Waals surface area (Å²) in [6.07, 6.45) is 4.63. The highest BCUT2D eigenvalue weighted by molar-refractivity contribution is 5.92. The number of carbonyl (C=O) groups is 1. The molecule has 4 rings (SSSR count). The van der Waals surface area contributed by atoms with Crippen molar-refractivity contribution in [3.63, 3.8) is 0 Å². The Morgan fingerprint density at radius 3 is 2.64 bits per heavy atom. The van der Waals surface area contributed by atoms with Crippen molar-refractivity contribution in [2.45, 2.75) is 38.5 Å². The van der Waals surface area contributed by atoms with Gasteiger partial charge < -0.3 is 4.90 Å². The van der Waals surface area contributed by atoms with Crippen LogP contribution in [-0.4, -0.2) is 33.7 Å². The van der Waals surface area contributed by atoms with E-state index in [-0.39, 0.29) is 5.91 Å². The fourth-order valence-electron chi connectivity index (χ4n) is 3.22. The van der Waals surface area contributed by atoms with Gasteiger partial charge in [-0.2, -0.15) is 5.10 Å². The third-order valence-electron chi connectivity index (χ3n) is 4.59. The molecule has 2 aromatic rings. The standard InChI is InChI=1S/C18H21N3O/c1-13-5-4-6-15(11-13)21-17(14-7-8-14)12-16(19-21)18(22)20-9-2-3-10-20/h4-6,11-12,14H,2-3,7-10H2,1H3. The first-order valence-electron chi connectivity index (χ1n) is 8.18. The monoisotopic (exact) mass is 295 g/mol. The minimum absolute atomic E-state index is 0.0887. The molecule has 1 aliphatic heterocycles. The third kappa shape index (κ3) is 2.43. The Morgan fingerprint density at radius 2 is 1.95 bits per heavy atom. The first kappa shape index (κ1) is 13.6. The zero-order chi connectivity index (χ0) is 15.1. The number of carbonyl (C=O) groups excluding carboxylic acids is 1. The minimum atomic E-state index is 0.0887. The molecule has 114 valence electrons. The molecule has 0 radical (unpaired) electrons. The van der Waals surface area contributed by atoms with Gasteiger partial charge in [0.15, 0.2) is 5.69 Å². The Bertz CT molecular complexity index is 709. The second-order valence-corrected chi connectivity index (χ2v) is 6.48. The summed E-state index contributed by atoms with van der Waals surface area (Å²) in [5.41, 5.74) is 4.06. The molecule has 1 aliphatic carbocycles. The van der Waals surface area contributed by atoms with Crippen LogP contribution in [0.1, 0.15) is 53.3 Å². The van der Waals surface area contributed by atoms with E-state index in [1.165, 1.54) is 24.1 Å². The lowest BCUT2D eigenvalue weighted by molar-refractivity contribution is 0.0786. The molecular weight excluding hydrogens is 274 g/mol. The molecule has 2 heterocycles. The molecule has 0 unspecified atom stereocenters. The molecule has 22 heavy (non-hydrogen) atoms. The van der Waals surface area contributed by atoms with Gasteiger partial charge in [0, 0.05) is 24.7 Å². The molecule has 4 nitrogen and oxygen atoms in total. The summed E-state index contributed by atoms with van der Waals surface area (Å²) >= 11 is 0. The summed E-state index contributed by atoms with van der Waals surface area (Å²) in [5, 5.41) is 4.65. The van der Waals surface area contributed by atoms with Crippen molar-refractivity contribution in [1.29, 1.82) is 0 Å². The first-order valence-corrected chi connectivity index (χ1v) is 8.18. The van der Waals surface area contributed by atoms with Gasteiger partial charge in [0.2, 0.25) is 0 Å². The molecule has 1 aromatic heterocycles. The van der Waals surface area contributed by atoms with Gasteiger partial charge in [-0.3, -0.25) is 4.79 Å². The van der Waals surface area contributed by atoms with E-state index in [1.807, 2.05) is 21.7 Å². The summed E-state index contributed by atoms with van der Waals surface area (Å²) in [4.78, 5) is 14.5. The average Bonchev–Trinajstić information content (AvgIpc) is 3.05. The highest BCUT2D eigenvalue weighted by Crippen LogP contribution is 2.41. The Labute approximate surface area is 130 Å². The van der Waals surface area contributed by atoms with Crippen molar-refractivity contribution in [2.75, 3.05) is 13.1 Å². The van der Waals surface area contributed by atoms with E-state index in [1.54, 1.807) is 0 Å². The van der Waals surface area contributed by atoms with E-state index in [2.05, 4.69) is 30.2 Å². The molecule has 0 spiro atoms. The second-order valence-electron chi connectivity index (χ2n) is 6.48. The Morgan fingerprint density at radius 1 is 1.18 bits per heavy atom. The number of nitrogens with zero attached hydrogens (tertiary/aromatic N) is 3. The van der Waals surface area contributed by atoms with Gasteiger partial charge in [0.1, 0.15) is 0 Å². The molecule has 0 bridgehead atoms. The average molecular weight is 295 g/mol. The van der Waals surface area contributed by atoms with Crippen LogP contribution < -0.4 is 0 Å². The van der Waals surface area contributed by atoms with Crippen LogP contribution in [0.15, 0.2) is 30.3 Å². The predicted molar refractivity (Wildman–Crippen MR) is 85.4 cm³/mol. The van der Waals surface area contributed by atoms with E-state index >= 15 is 0 Å². The maximum Gasteiger partial charge on any atom is 0.274 e. The fourth-order valence-corrected chi connectivity index (χ4v) is 3.22. The second kappa shape index (κ2) is 5.27. The number of amides is 1. The fraction of sp³-hybridized carbons (Fsp3) is 0.444. The Balaban J connectivity index is 1.72. The molecule has 1 aromatic carbocycles. The van der Waals surface area contributed by atoms with Crippen LogP contribution >= 0.6 is 0 Å². The van der Waals surface area contributed by atoms with Crippen LogP contribution in [0, 0.1) is 6.92 Å². The molecule has 4 heteroatoms. The largest absolute Gasteiger partial charge is 0.337 e. The van der Waals surface area contributed by atoms with Gasteiger partial charge in [-0.15, -0.1) is 0 Å². The molecule has 1 saturated heterocycles. The van der Waals surface area contributed by atoms with Gasteiger partial charge in [0.05, 0.1) is 5.69 Å². The lowest BCUT2D eigenvalue weighted by Gasteiger charge is -2.12. The number of aryl methyl sites for hydroxylation is 1. The molecular formula is C18H21N3O. The maximum absolute atomic E-state index is 12.6. The zero-order valence-corrected chi connectivity index (χ0v) is 13.0. The zero-order valence-electron chi connectivity index (χ0n) is 13.0. The van der Waals surface area contributed by atoms with Crippen LogP contribution in [0.2, 0.25) is 0 Å². The Kier molecular flexibility index (Phi) is 3.25. The van der Waals surface area contributed by atoms with E-state index in [9.17, 15) is 4.79 Å². The van der Waals surface area contributed by atoms with E-state index < -0.39 is 0 Å². The summed E-state index contributed by atoms with van der Waals surface area (Å²) in [6, 6.07) is 10.3. The number of aromatic nitrogens is 2. The summed E-state index contributed by atoms with van der Waals surface area (Å²) in [7, 11) is 0. The highest BCUT2D eigenvalue weighted by Gasteiger charge is 2.31. The summed E-state index contributed by atoms with van der Waals surface area (Å²) in [5.74, 6) is 0.652. The van der Waals surface area contributed by atoms with Crippen LogP contribution in [0.4, 0.5) is 0 Å². The van der Waals surface area contributed by atoms with Crippen LogP contribution in [-0.2, 0) is 0 Å². The first-order chi connectivity index (χ1) is 10.7. The normalized spacial score (nSPS) is 18.0. The molecule has 1 amide bonds. The number of hydrogen-bond acceptors (Lipinski definition) is 2. The van der Waals surface area contributed by atoms with Gasteiger partial charge in [0.25, 0.3) is 5.91 Å². The molecule has 0 N–H and O–H groups in total. The van der Waals surface area contributed by atoms with Gasteiger partial charge >= 0.3 is 0 Å². The number of likely N-dealkylation sites (tertiary alicyclic amines) is 1. The van der Waals surface area contributed by atoms with E-state index in [0.29, 0.717) is 11.6 Å². The smallest absolute Gasteiger partial charge is 0.274 e. The molecule has 2 aliphatic rings. The predicted octanol–water partition coefficient (Wildman–Crippen LogP) is 3.29. The quantitative estimate of drug-likeness (QED) is 0.871. The Hall–Kier alpha value is -2.10. The van der Waals surface area contributed by atoms with Crippen molar-refractivity contribution in [2.24, 2.45) is 0 Å². The van der Waals surface area contributed by atoms with Crippen molar-refractivity contribution in [3.8, 4) is 5.69 Å². The minimum Gasteiger partial charge on any atom is -0.337 e. The van der Waals surface area contributed by atoms with Crippen LogP contribution in [0.25, 0.3) is 5.69 Å². The summed E-state index contributed by atoms with van der Waals surface area (Å²) in [6.45, 7) is 3.82. The topological polar surface area (TPSA) is 38.1 Å². The van der Waals surface area contributed by atoms with Crippen molar-refractivity contribution >= 4 is 5.91 Å². The SMILES string of the molecule is Cc1cccc(-n2nc(C(=O)N3CCCC3)cc2C2CC2)c1. The third-order valence-corrected chi connectivity index (χ3v) is 4.59. The van der Waals surface area contributed by atoms with Crippen molar-refractivity contribution in [3.05, 3.63) is 47.3 Å². The van der Waals surface area contributed by atoms with Crippen molar-refractivity contribution in [1.82, 2.24) is 14.7 Å². The van der Waals surface area contributed by atoms with Crippen LogP contribution in [0.5, 0.6) is 0 Å². The number of hydrogen-bond donors (Lipinski definition) is 0. The summed E-state index contributed by atoms with van der Waals surface area (Å²) < 4.78 is 1.98. The highest BCUT2D eigenvalue weighted by atomic mass is 16.2. The van der Waals surface area contributed by atoms with Gasteiger partial charge in [-0.25, -0.2) is 4.68 Å². The van der Waals surface area contributed by atoms with E-state index in [0.717, 1.165) is 31.6 Å². The van der Waals surface area contributed by atoms with E-state index in [4.69, 9.17) is 0 Å². The molecule has 2 fully saturated rings. The molecule has 1 saturated carbocycles. The van der Waals surface area contributed by atoms with Crippen molar-refractivity contribution < 1.29 is 4.79 Å². The number of rotatable bonds is 3. The van der Waals surface area contributed by atoms with Gasteiger partial charge in [-0.05, 0) is 56.4 Å². The van der Waals surface area contributed by atoms with Crippen LogP contribution in [0.3, 0.4) is 0 Å². The lowest BCUT2D eigenvalue weighted by Crippen LogP contribution is -2.28. The molecule has 0 atom stereocenters. The number of benzene rings is 1.